The Balaban J connectivity index is 2.55. The van der Waals surface area contributed by atoms with E-state index >= 15 is 0 Å². The lowest BCUT2D eigenvalue weighted by atomic mass is 10.3. The van der Waals surface area contributed by atoms with Crippen molar-refractivity contribution in [3.63, 3.8) is 0 Å². The molecule has 0 N–H and O–H groups in total. The number of hydrogen-bond donors (Lipinski definition) is 0. The molecule has 0 aromatic heterocycles. The summed E-state index contributed by atoms with van der Waals surface area (Å²) in [6.07, 6.45) is 4.76. The Bertz CT molecular complexity index is 127. The van der Waals surface area contributed by atoms with Gasteiger partial charge in [0.2, 0.25) is 0 Å². The summed E-state index contributed by atoms with van der Waals surface area (Å²) in [5, 5.41) is 0. The molecule has 1 rings (SSSR count). The van der Waals surface area contributed by atoms with Crippen molar-refractivity contribution in [1.82, 2.24) is 4.90 Å². The fraction of sp³-hybridized carbons (Fsp3) is 0.750. The van der Waals surface area contributed by atoms with E-state index in [4.69, 9.17) is 0 Å². The second-order valence-corrected chi connectivity index (χ2v) is 2.74. The number of rotatable bonds is 1. The van der Waals surface area contributed by atoms with Crippen LogP contribution in [0.3, 0.4) is 0 Å². The van der Waals surface area contributed by atoms with Crippen molar-refractivity contribution in [3.05, 3.63) is 11.8 Å². The summed E-state index contributed by atoms with van der Waals surface area (Å²) in [6.45, 7) is 4.47. The lowest BCUT2D eigenvalue weighted by Gasteiger charge is -2.20. The topological polar surface area (TPSA) is 3.24 Å². The third-order valence-corrected chi connectivity index (χ3v) is 2.17. The molecule has 1 unspecified atom stereocenters. The van der Waals surface area contributed by atoms with E-state index in [-0.39, 0.29) is 0 Å². The number of hydrogen-bond acceptors (Lipinski definition) is 1. The van der Waals surface area contributed by atoms with E-state index in [1.54, 1.807) is 0 Å². The molecular weight excluding hydrogens is 110 g/mol. The lowest BCUT2D eigenvalue weighted by Crippen LogP contribution is -2.21. The van der Waals surface area contributed by atoms with Crippen LogP contribution in [0, 0.1) is 0 Å². The standard InChI is InChI=1S/C8H15N/c1-4-8-6-5-7(2)9(8)3/h6-7H,4-5H2,1-3H3. The molecule has 1 aliphatic rings. The Hall–Kier alpha value is -0.460. The molecule has 1 heterocycles. The first-order valence-corrected chi connectivity index (χ1v) is 3.67. The van der Waals surface area contributed by atoms with Gasteiger partial charge in [0.15, 0.2) is 0 Å². The van der Waals surface area contributed by atoms with E-state index in [9.17, 15) is 0 Å². The highest BCUT2D eigenvalue weighted by Crippen LogP contribution is 2.20. The van der Waals surface area contributed by atoms with E-state index < -0.39 is 0 Å². The van der Waals surface area contributed by atoms with Crippen LogP contribution in [0.2, 0.25) is 0 Å². The van der Waals surface area contributed by atoms with E-state index in [2.05, 4.69) is 31.9 Å². The van der Waals surface area contributed by atoms with Gasteiger partial charge in [-0.1, -0.05) is 13.0 Å². The molecule has 52 valence electrons. The average Bonchev–Trinajstić information content (AvgIpc) is 2.15. The molecule has 0 radical (unpaired) electrons. The van der Waals surface area contributed by atoms with Crippen LogP contribution in [0.4, 0.5) is 0 Å². The summed E-state index contributed by atoms with van der Waals surface area (Å²) in [5.74, 6) is 0. The van der Waals surface area contributed by atoms with Gasteiger partial charge in [0.25, 0.3) is 0 Å². The molecular formula is C8H15N. The molecule has 0 aromatic carbocycles. The van der Waals surface area contributed by atoms with Crippen molar-refractivity contribution in [2.45, 2.75) is 32.7 Å². The van der Waals surface area contributed by atoms with Crippen LogP contribution >= 0.6 is 0 Å². The molecule has 1 aliphatic heterocycles. The van der Waals surface area contributed by atoms with Gasteiger partial charge in [-0.3, -0.25) is 0 Å². The van der Waals surface area contributed by atoms with Crippen LogP contribution < -0.4 is 0 Å². The van der Waals surface area contributed by atoms with Crippen molar-refractivity contribution in [1.29, 1.82) is 0 Å². The number of nitrogens with zero attached hydrogens (tertiary/aromatic N) is 1. The molecule has 0 amide bonds. The van der Waals surface area contributed by atoms with E-state index in [1.165, 1.54) is 18.5 Å². The van der Waals surface area contributed by atoms with Gasteiger partial charge < -0.3 is 4.90 Å². The minimum atomic E-state index is 0.736. The third-order valence-electron chi connectivity index (χ3n) is 2.17. The Morgan fingerprint density at radius 3 is 2.67 bits per heavy atom. The van der Waals surface area contributed by atoms with E-state index in [0.717, 1.165) is 6.04 Å². The van der Waals surface area contributed by atoms with Crippen LogP contribution in [0.5, 0.6) is 0 Å². The maximum Gasteiger partial charge on any atom is 0.0290 e. The zero-order valence-corrected chi connectivity index (χ0v) is 6.52. The minimum Gasteiger partial charge on any atom is -0.375 e. The fourth-order valence-corrected chi connectivity index (χ4v) is 1.29. The van der Waals surface area contributed by atoms with Gasteiger partial charge >= 0.3 is 0 Å². The van der Waals surface area contributed by atoms with Crippen LogP contribution in [-0.2, 0) is 0 Å². The molecule has 0 spiro atoms. The second-order valence-electron chi connectivity index (χ2n) is 2.74. The van der Waals surface area contributed by atoms with Crippen LogP contribution in [0.25, 0.3) is 0 Å². The van der Waals surface area contributed by atoms with Crippen molar-refractivity contribution in [2.75, 3.05) is 7.05 Å². The fourth-order valence-electron chi connectivity index (χ4n) is 1.29. The van der Waals surface area contributed by atoms with Gasteiger partial charge in [0, 0.05) is 18.8 Å². The first kappa shape index (κ1) is 6.66. The minimum absolute atomic E-state index is 0.736. The first-order chi connectivity index (χ1) is 4.25. The third kappa shape index (κ3) is 1.09. The summed E-state index contributed by atoms with van der Waals surface area (Å²) < 4.78 is 0. The molecule has 1 heteroatoms. The molecule has 1 nitrogen and oxygen atoms in total. The van der Waals surface area contributed by atoms with Crippen molar-refractivity contribution >= 4 is 0 Å². The molecule has 0 saturated carbocycles. The SMILES string of the molecule is CCC1=CCC(C)N1C. The molecule has 9 heavy (non-hydrogen) atoms. The molecule has 0 fully saturated rings. The zero-order valence-electron chi connectivity index (χ0n) is 6.52. The smallest absolute Gasteiger partial charge is 0.0290 e. The van der Waals surface area contributed by atoms with E-state index in [1.807, 2.05) is 0 Å². The zero-order chi connectivity index (χ0) is 6.85. The second kappa shape index (κ2) is 2.42. The highest BCUT2D eigenvalue weighted by molar-refractivity contribution is 5.08. The molecule has 0 aliphatic carbocycles. The Labute approximate surface area is 57.4 Å². The van der Waals surface area contributed by atoms with Crippen LogP contribution in [0.1, 0.15) is 26.7 Å². The Morgan fingerprint density at radius 1 is 1.78 bits per heavy atom. The monoisotopic (exact) mass is 125 g/mol. The largest absolute Gasteiger partial charge is 0.375 e. The highest BCUT2D eigenvalue weighted by atomic mass is 15.1. The molecule has 0 saturated heterocycles. The van der Waals surface area contributed by atoms with Crippen molar-refractivity contribution < 1.29 is 0 Å². The Morgan fingerprint density at radius 2 is 2.44 bits per heavy atom. The predicted octanol–water partition coefficient (Wildman–Crippen LogP) is 2.00. The van der Waals surface area contributed by atoms with Crippen LogP contribution in [0.15, 0.2) is 11.8 Å². The van der Waals surface area contributed by atoms with Gasteiger partial charge in [0.05, 0.1) is 0 Å². The average molecular weight is 125 g/mol. The molecule has 0 aromatic rings. The van der Waals surface area contributed by atoms with E-state index in [0.29, 0.717) is 0 Å². The van der Waals surface area contributed by atoms with Gasteiger partial charge in [-0.25, -0.2) is 0 Å². The predicted molar refractivity (Wildman–Crippen MR) is 40.2 cm³/mol. The van der Waals surface area contributed by atoms with Gasteiger partial charge in [0.1, 0.15) is 0 Å². The van der Waals surface area contributed by atoms with Gasteiger partial charge in [-0.15, -0.1) is 0 Å². The summed E-state index contributed by atoms with van der Waals surface area (Å²) in [7, 11) is 2.17. The van der Waals surface area contributed by atoms with Gasteiger partial charge in [-0.2, -0.15) is 0 Å². The summed E-state index contributed by atoms with van der Waals surface area (Å²) in [4.78, 5) is 2.36. The Kier molecular flexibility index (Phi) is 1.79. The normalized spacial score (nSPS) is 26.8. The lowest BCUT2D eigenvalue weighted by molar-refractivity contribution is 0.348. The quantitative estimate of drug-likeness (QED) is 0.518. The van der Waals surface area contributed by atoms with Crippen molar-refractivity contribution in [3.8, 4) is 0 Å². The van der Waals surface area contributed by atoms with Gasteiger partial charge in [-0.05, 0) is 19.8 Å². The summed E-state index contributed by atoms with van der Waals surface area (Å²) in [6, 6.07) is 0.736. The van der Waals surface area contributed by atoms with Crippen molar-refractivity contribution in [2.24, 2.45) is 0 Å². The molecule has 0 bridgehead atoms. The highest BCUT2D eigenvalue weighted by Gasteiger charge is 2.15. The molecule has 1 atom stereocenters. The maximum atomic E-state index is 2.36. The maximum absolute atomic E-state index is 2.36. The first-order valence-electron chi connectivity index (χ1n) is 3.67. The van der Waals surface area contributed by atoms with Crippen LogP contribution in [-0.4, -0.2) is 18.0 Å². The number of allylic oxidation sites excluding steroid dienone is 1. The summed E-state index contributed by atoms with van der Waals surface area (Å²) >= 11 is 0. The summed E-state index contributed by atoms with van der Waals surface area (Å²) in [5.41, 5.74) is 1.50.